The Hall–Kier alpha value is -3.57. The number of carbonyl (C=O) groups excluding carboxylic acids is 2. The number of nitrogens with one attached hydrogen (secondary N) is 1. The van der Waals surface area contributed by atoms with Gasteiger partial charge in [0, 0.05) is 10.9 Å². The molecule has 0 saturated carbocycles. The summed E-state index contributed by atoms with van der Waals surface area (Å²) in [7, 11) is 0. The largest absolute Gasteiger partial charge is 0.494 e. The number of fused-ring (bicyclic) bond motifs is 1. The summed E-state index contributed by atoms with van der Waals surface area (Å²) >= 11 is 6.15. The van der Waals surface area contributed by atoms with E-state index in [0.29, 0.717) is 45.2 Å². The van der Waals surface area contributed by atoms with Crippen LogP contribution >= 0.6 is 11.6 Å². The zero-order valence-corrected chi connectivity index (χ0v) is 16.9. The number of ketones is 1. The Morgan fingerprint density at radius 1 is 0.967 bits per heavy atom. The van der Waals surface area contributed by atoms with Crippen molar-refractivity contribution in [2.24, 2.45) is 0 Å². The molecule has 0 aliphatic heterocycles. The van der Waals surface area contributed by atoms with Crippen LogP contribution in [0.5, 0.6) is 5.75 Å². The number of rotatable bonds is 6. The number of carbonyl (C=O) groups is 2. The highest BCUT2D eigenvalue weighted by Crippen LogP contribution is 2.33. The van der Waals surface area contributed by atoms with Gasteiger partial charge in [-0.1, -0.05) is 35.9 Å². The first-order valence-corrected chi connectivity index (χ1v) is 9.81. The molecule has 4 rings (SSSR count). The molecule has 0 aliphatic carbocycles. The molecule has 30 heavy (non-hydrogen) atoms. The summed E-state index contributed by atoms with van der Waals surface area (Å²) in [5.41, 5.74) is 1.55. The third-order valence-electron chi connectivity index (χ3n) is 4.59. The Bertz CT molecular complexity index is 1230. The first-order chi connectivity index (χ1) is 14.6. The smallest absolute Gasteiger partial charge is 0.257 e. The van der Waals surface area contributed by atoms with Gasteiger partial charge in [0.15, 0.2) is 5.76 Å². The number of benzene rings is 3. The van der Waals surface area contributed by atoms with E-state index in [1.807, 2.05) is 13.0 Å². The molecule has 0 atom stereocenters. The van der Waals surface area contributed by atoms with Crippen molar-refractivity contribution in [1.29, 1.82) is 0 Å². The number of ether oxygens (including phenoxy) is 1. The van der Waals surface area contributed by atoms with Gasteiger partial charge >= 0.3 is 0 Å². The van der Waals surface area contributed by atoms with Crippen LogP contribution in [0.25, 0.3) is 11.0 Å². The summed E-state index contributed by atoms with van der Waals surface area (Å²) in [5, 5.41) is 3.76. The second kappa shape index (κ2) is 8.43. The molecule has 0 fully saturated rings. The van der Waals surface area contributed by atoms with Crippen molar-refractivity contribution in [2.45, 2.75) is 6.92 Å². The number of hydrogen-bond acceptors (Lipinski definition) is 4. The van der Waals surface area contributed by atoms with Gasteiger partial charge in [-0.2, -0.15) is 0 Å². The van der Waals surface area contributed by atoms with E-state index in [4.69, 9.17) is 20.8 Å². The van der Waals surface area contributed by atoms with Gasteiger partial charge in [0.25, 0.3) is 5.91 Å². The summed E-state index contributed by atoms with van der Waals surface area (Å²) < 4.78 is 11.3. The minimum Gasteiger partial charge on any atom is -0.494 e. The molecule has 1 aromatic heterocycles. The fraction of sp³-hybridized carbons (Fsp3) is 0.0833. The maximum atomic E-state index is 13.2. The van der Waals surface area contributed by atoms with Crippen molar-refractivity contribution in [3.05, 3.63) is 94.7 Å². The molecule has 3 aromatic carbocycles. The average molecular weight is 420 g/mol. The standard InChI is InChI=1S/C24H18ClNO4/c1-2-29-16-13-11-15(12-14-16)22(27)23-21(18-8-4-6-10-20(18)30-23)26-24(28)17-7-3-5-9-19(17)25/h3-14H,2H2,1H3,(H,26,28). The molecule has 0 aliphatic rings. The zero-order valence-electron chi connectivity index (χ0n) is 16.1. The van der Waals surface area contributed by atoms with Crippen LogP contribution in [0, 0.1) is 0 Å². The summed E-state index contributed by atoms with van der Waals surface area (Å²) in [6.07, 6.45) is 0. The lowest BCUT2D eigenvalue weighted by atomic mass is 10.1. The van der Waals surface area contributed by atoms with Gasteiger partial charge in [-0.3, -0.25) is 9.59 Å². The highest BCUT2D eigenvalue weighted by atomic mass is 35.5. The van der Waals surface area contributed by atoms with Crippen LogP contribution < -0.4 is 10.1 Å². The highest BCUT2D eigenvalue weighted by molar-refractivity contribution is 6.34. The van der Waals surface area contributed by atoms with Gasteiger partial charge < -0.3 is 14.5 Å². The number of furan rings is 1. The van der Waals surface area contributed by atoms with Crippen molar-refractivity contribution in [3.63, 3.8) is 0 Å². The molecule has 0 spiro atoms. The fourth-order valence-corrected chi connectivity index (χ4v) is 3.38. The Balaban J connectivity index is 1.74. The van der Waals surface area contributed by atoms with Gasteiger partial charge in [-0.05, 0) is 55.5 Å². The van der Waals surface area contributed by atoms with Gasteiger partial charge in [0.05, 0.1) is 22.9 Å². The molecule has 1 heterocycles. The molecule has 5 nitrogen and oxygen atoms in total. The molecule has 0 unspecified atom stereocenters. The topological polar surface area (TPSA) is 68.5 Å². The van der Waals surface area contributed by atoms with Crippen molar-refractivity contribution in [1.82, 2.24) is 0 Å². The average Bonchev–Trinajstić information content (AvgIpc) is 3.13. The van der Waals surface area contributed by atoms with Crippen LogP contribution in [0.1, 0.15) is 33.4 Å². The second-order valence-corrected chi connectivity index (χ2v) is 6.93. The van der Waals surface area contributed by atoms with Crippen LogP contribution in [-0.4, -0.2) is 18.3 Å². The van der Waals surface area contributed by atoms with E-state index in [2.05, 4.69) is 5.32 Å². The molecule has 0 saturated heterocycles. The van der Waals surface area contributed by atoms with Gasteiger partial charge in [0.2, 0.25) is 5.78 Å². The SMILES string of the molecule is CCOc1ccc(C(=O)c2oc3ccccc3c2NC(=O)c2ccccc2Cl)cc1. The van der Waals surface area contributed by atoms with E-state index >= 15 is 0 Å². The minimum absolute atomic E-state index is 0.0563. The Morgan fingerprint density at radius 3 is 2.40 bits per heavy atom. The predicted molar refractivity (Wildman–Crippen MR) is 117 cm³/mol. The molecule has 4 aromatic rings. The molecule has 150 valence electrons. The first-order valence-electron chi connectivity index (χ1n) is 9.43. The predicted octanol–water partition coefficient (Wildman–Crippen LogP) is 5.97. The number of para-hydroxylation sites is 1. The van der Waals surface area contributed by atoms with Crippen molar-refractivity contribution in [2.75, 3.05) is 11.9 Å². The van der Waals surface area contributed by atoms with Crippen LogP contribution in [0.2, 0.25) is 5.02 Å². The van der Waals surface area contributed by atoms with Crippen LogP contribution in [-0.2, 0) is 0 Å². The van der Waals surface area contributed by atoms with E-state index in [0.717, 1.165) is 0 Å². The monoisotopic (exact) mass is 419 g/mol. The van der Waals surface area contributed by atoms with Gasteiger partial charge in [-0.15, -0.1) is 0 Å². The molecule has 1 N–H and O–H groups in total. The zero-order chi connectivity index (χ0) is 21.1. The van der Waals surface area contributed by atoms with E-state index in [1.165, 1.54) is 0 Å². The normalized spacial score (nSPS) is 10.7. The third kappa shape index (κ3) is 3.80. The molecule has 1 amide bonds. The lowest BCUT2D eigenvalue weighted by molar-refractivity contribution is 0.101. The number of amides is 1. The number of hydrogen-bond donors (Lipinski definition) is 1. The number of halogens is 1. The Labute approximate surface area is 178 Å². The van der Waals surface area contributed by atoms with E-state index in [-0.39, 0.29) is 11.5 Å². The van der Waals surface area contributed by atoms with E-state index in [9.17, 15) is 9.59 Å². The molecule has 6 heteroatoms. The van der Waals surface area contributed by atoms with E-state index in [1.54, 1.807) is 66.7 Å². The van der Waals surface area contributed by atoms with Crippen LogP contribution in [0.4, 0.5) is 5.69 Å². The van der Waals surface area contributed by atoms with Gasteiger partial charge in [-0.25, -0.2) is 0 Å². The van der Waals surface area contributed by atoms with Crippen molar-refractivity contribution < 1.29 is 18.7 Å². The summed E-state index contributed by atoms with van der Waals surface area (Å²) in [6.45, 7) is 2.43. The van der Waals surface area contributed by atoms with Crippen LogP contribution in [0.15, 0.2) is 77.2 Å². The maximum absolute atomic E-state index is 13.2. The summed E-state index contributed by atoms with van der Waals surface area (Å²) in [4.78, 5) is 26.0. The lowest BCUT2D eigenvalue weighted by Crippen LogP contribution is -2.14. The first kappa shape index (κ1) is 19.7. The third-order valence-corrected chi connectivity index (χ3v) is 4.92. The number of anilines is 1. The quantitative estimate of drug-likeness (QED) is 0.391. The Kier molecular flexibility index (Phi) is 5.55. The Morgan fingerprint density at radius 2 is 1.67 bits per heavy atom. The van der Waals surface area contributed by atoms with Gasteiger partial charge in [0.1, 0.15) is 11.3 Å². The van der Waals surface area contributed by atoms with E-state index < -0.39 is 5.91 Å². The highest BCUT2D eigenvalue weighted by Gasteiger charge is 2.24. The fourth-order valence-electron chi connectivity index (χ4n) is 3.16. The molecular weight excluding hydrogens is 402 g/mol. The molecular formula is C24H18ClNO4. The molecule has 0 radical (unpaired) electrons. The second-order valence-electron chi connectivity index (χ2n) is 6.52. The minimum atomic E-state index is -0.423. The molecule has 0 bridgehead atoms. The summed E-state index contributed by atoms with van der Waals surface area (Å²) in [5.74, 6) is -0.0386. The maximum Gasteiger partial charge on any atom is 0.257 e. The summed E-state index contributed by atoms with van der Waals surface area (Å²) in [6, 6.07) is 20.6. The lowest BCUT2D eigenvalue weighted by Gasteiger charge is -2.08. The van der Waals surface area contributed by atoms with Crippen molar-refractivity contribution in [3.8, 4) is 5.75 Å². The van der Waals surface area contributed by atoms with Crippen molar-refractivity contribution >= 4 is 39.9 Å². The van der Waals surface area contributed by atoms with Crippen LogP contribution in [0.3, 0.4) is 0 Å².